The molecule has 0 aliphatic heterocycles. The number of carbonyl (C=O) groups is 2. The summed E-state index contributed by atoms with van der Waals surface area (Å²) in [4.78, 5) is 20.6. The molecule has 0 N–H and O–H groups in total. The molecule has 0 aromatic carbocycles. The molecule has 0 fully saturated rings. The van der Waals surface area contributed by atoms with E-state index in [-0.39, 0.29) is 29.0 Å². The number of hydrogen-bond acceptors (Lipinski definition) is 3. The number of ether oxygens (including phenoxy) is 1. The summed E-state index contributed by atoms with van der Waals surface area (Å²) in [5.74, 6) is -0.599. The predicted octanol–water partition coefficient (Wildman–Crippen LogP) is 0.526. The van der Waals surface area contributed by atoms with Crippen LogP contribution in [0.15, 0.2) is 0 Å². The fourth-order valence-corrected chi connectivity index (χ4v) is 0.415. The number of Topliss-reactive ketones (excluding diaryl/α,β-unsaturated/α-hetero) is 1. The van der Waals surface area contributed by atoms with Gasteiger partial charge in [-0.1, -0.05) is 0 Å². The number of hydrogen-bond donors (Lipinski definition) is 0. The largest absolute Gasteiger partial charge is 2.00 e. The third kappa shape index (κ3) is 7.65. The molecule has 0 amide bonds. The summed E-state index contributed by atoms with van der Waals surface area (Å²) >= 11 is 0. The van der Waals surface area contributed by atoms with E-state index in [2.05, 4.69) is 4.74 Å². The third-order valence-electron chi connectivity index (χ3n) is 0.699. The number of ketones is 1. The van der Waals surface area contributed by atoms with E-state index >= 15 is 0 Å². The molecule has 4 heteroatoms. The second-order valence-corrected chi connectivity index (χ2v) is 1.68. The third-order valence-corrected chi connectivity index (χ3v) is 0.699. The van der Waals surface area contributed by atoms with Gasteiger partial charge in [0.05, 0.1) is 6.61 Å². The molecule has 0 heterocycles. The summed E-state index contributed by atoms with van der Waals surface area (Å²) in [6.07, 6.45) is -0.103. The Balaban J connectivity index is 0. The van der Waals surface area contributed by atoms with Crippen molar-refractivity contribution in [1.29, 1.82) is 0 Å². The summed E-state index contributed by atoms with van der Waals surface area (Å²) in [6.45, 7) is 3.40. The molecule has 0 aliphatic rings. The van der Waals surface area contributed by atoms with Gasteiger partial charge in [0.25, 0.3) is 0 Å². The summed E-state index contributed by atoms with van der Waals surface area (Å²) in [5.41, 5.74) is 0. The zero-order valence-electron chi connectivity index (χ0n) is 5.97. The van der Waals surface area contributed by atoms with Crippen LogP contribution in [0, 0.1) is 0 Å². The maximum Gasteiger partial charge on any atom is 2.00 e. The van der Waals surface area contributed by atoms with Crippen molar-refractivity contribution >= 4 is 11.8 Å². The summed E-state index contributed by atoms with van der Waals surface area (Å²) in [7, 11) is 0. The molecule has 0 aromatic rings. The SMILES string of the molecule is CCOC(=O)CC(C)=O.[Co+2]. The van der Waals surface area contributed by atoms with Gasteiger partial charge in [0, 0.05) is 0 Å². The number of rotatable bonds is 3. The standard InChI is InChI=1S/C6H10O3.Co/c1-3-9-6(8)4-5(2)7;/h3-4H2,1-2H3;/q;+2. The van der Waals surface area contributed by atoms with Gasteiger partial charge in [-0.3, -0.25) is 9.59 Å². The Hall–Kier alpha value is -0.354. The van der Waals surface area contributed by atoms with E-state index in [4.69, 9.17) is 0 Å². The molecule has 0 spiro atoms. The zero-order valence-corrected chi connectivity index (χ0v) is 7.01. The van der Waals surface area contributed by atoms with Crippen molar-refractivity contribution < 1.29 is 31.1 Å². The van der Waals surface area contributed by atoms with E-state index in [0.717, 1.165) is 0 Å². The Morgan fingerprint density at radius 1 is 1.40 bits per heavy atom. The first-order valence-electron chi connectivity index (χ1n) is 2.82. The minimum absolute atomic E-state index is 0. The van der Waals surface area contributed by atoms with Gasteiger partial charge in [0.2, 0.25) is 0 Å². The first-order chi connectivity index (χ1) is 4.16. The quantitative estimate of drug-likeness (QED) is 0.480. The van der Waals surface area contributed by atoms with Gasteiger partial charge < -0.3 is 4.74 Å². The van der Waals surface area contributed by atoms with Crippen LogP contribution in [0.1, 0.15) is 20.3 Å². The maximum atomic E-state index is 10.4. The van der Waals surface area contributed by atoms with Crippen LogP contribution < -0.4 is 0 Å². The Labute approximate surface area is 70.3 Å². The Bertz CT molecular complexity index is 122. The average Bonchev–Trinajstić information content (AvgIpc) is 1.63. The van der Waals surface area contributed by atoms with Crippen molar-refractivity contribution in [3.05, 3.63) is 0 Å². The van der Waals surface area contributed by atoms with Crippen LogP contribution in [0.4, 0.5) is 0 Å². The second-order valence-electron chi connectivity index (χ2n) is 1.68. The Morgan fingerprint density at radius 2 is 1.90 bits per heavy atom. The van der Waals surface area contributed by atoms with E-state index in [1.54, 1.807) is 6.92 Å². The first kappa shape index (κ1) is 12.3. The summed E-state index contributed by atoms with van der Waals surface area (Å²) in [5, 5.41) is 0. The molecule has 0 aliphatic carbocycles. The minimum atomic E-state index is -0.440. The van der Waals surface area contributed by atoms with Crippen molar-refractivity contribution in [3.63, 3.8) is 0 Å². The minimum Gasteiger partial charge on any atom is -0.466 e. The van der Waals surface area contributed by atoms with Crippen LogP contribution in [0.2, 0.25) is 0 Å². The average molecular weight is 189 g/mol. The molecule has 59 valence electrons. The fourth-order valence-electron chi connectivity index (χ4n) is 0.415. The molecule has 10 heavy (non-hydrogen) atoms. The van der Waals surface area contributed by atoms with Gasteiger partial charge in [-0.05, 0) is 13.8 Å². The number of esters is 1. The molecule has 0 atom stereocenters. The summed E-state index contributed by atoms with van der Waals surface area (Å²) in [6, 6.07) is 0. The summed E-state index contributed by atoms with van der Waals surface area (Å²) < 4.78 is 4.49. The predicted molar refractivity (Wildman–Crippen MR) is 31.9 cm³/mol. The molecule has 3 nitrogen and oxygen atoms in total. The number of carbonyl (C=O) groups excluding carboxylic acids is 2. The topological polar surface area (TPSA) is 43.4 Å². The maximum absolute atomic E-state index is 10.4. The van der Waals surface area contributed by atoms with Crippen LogP contribution in [-0.2, 0) is 31.1 Å². The van der Waals surface area contributed by atoms with Crippen LogP contribution >= 0.6 is 0 Å². The van der Waals surface area contributed by atoms with Crippen molar-refractivity contribution in [3.8, 4) is 0 Å². The molecular formula is C6H10CoO3+2. The van der Waals surface area contributed by atoms with E-state index in [0.29, 0.717) is 6.61 Å². The van der Waals surface area contributed by atoms with Gasteiger partial charge in [-0.25, -0.2) is 0 Å². The monoisotopic (exact) mass is 189 g/mol. The molecule has 0 saturated carbocycles. The zero-order chi connectivity index (χ0) is 7.28. The van der Waals surface area contributed by atoms with Crippen LogP contribution in [0.25, 0.3) is 0 Å². The van der Waals surface area contributed by atoms with Gasteiger partial charge in [-0.2, -0.15) is 0 Å². The van der Waals surface area contributed by atoms with E-state index in [1.165, 1.54) is 6.92 Å². The Morgan fingerprint density at radius 3 is 2.20 bits per heavy atom. The van der Waals surface area contributed by atoms with Gasteiger partial charge in [0.15, 0.2) is 0 Å². The van der Waals surface area contributed by atoms with Crippen LogP contribution in [0.5, 0.6) is 0 Å². The van der Waals surface area contributed by atoms with Crippen LogP contribution in [0.3, 0.4) is 0 Å². The van der Waals surface area contributed by atoms with E-state index in [1.807, 2.05) is 0 Å². The van der Waals surface area contributed by atoms with Gasteiger partial charge in [-0.15, -0.1) is 0 Å². The molecule has 1 radical (unpaired) electrons. The molecule has 0 aromatic heterocycles. The smallest absolute Gasteiger partial charge is 0.466 e. The van der Waals surface area contributed by atoms with Crippen molar-refractivity contribution in [1.82, 2.24) is 0 Å². The fraction of sp³-hybridized carbons (Fsp3) is 0.667. The van der Waals surface area contributed by atoms with Crippen LogP contribution in [-0.4, -0.2) is 18.4 Å². The molecule has 0 unspecified atom stereocenters. The molecule has 0 rings (SSSR count). The van der Waals surface area contributed by atoms with Gasteiger partial charge >= 0.3 is 22.7 Å². The molecular weight excluding hydrogens is 179 g/mol. The Kier molecular flexibility index (Phi) is 8.34. The first-order valence-corrected chi connectivity index (χ1v) is 2.82. The molecule has 0 bridgehead atoms. The second kappa shape index (κ2) is 6.76. The molecule has 0 saturated heterocycles. The van der Waals surface area contributed by atoms with E-state index < -0.39 is 5.97 Å². The normalized spacial score (nSPS) is 7.80. The van der Waals surface area contributed by atoms with Crippen molar-refractivity contribution in [2.24, 2.45) is 0 Å². The van der Waals surface area contributed by atoms with E-state index in [9.17, 15) is 9.59 Å². The van der Waals surface area contributed by atoms with Gasteiger partial charge in [0.1, 0.15) is 12.2 Å². The van der Waals surface area contributed by atoms with Crippen molar-refractivity contribution in [2.75, 3.05) is 6.61 Å². The van der Waals surface area contributed by atoms with Crippen molar-refractivity contribution in [2.45, 2.75) is 20.3 Å².